The summed E-state index contributed by atoms with van der Waals surface area (Å²) >= 11 is 5.23. The zero-order valence-electron chi connectivity index (χ0n) is 11.4. The highest BCUT2D eigenvalue weighted by Gasteiger charge is 2.14. The summed E-state index contributed by atoms with van der Waals surface area (Å²) in [7, 11) is 0. The predicted octanol–water partition coefficient (Wildman–Crippen LogP) is 4.34. The Hall–Kier alpha value is -0.780. The Labute approximate surface area is 126 Å². The molecule has 1 N–H and O–H groups in total. The van der Waals surface area contributed by atoms with Crippen LogP contribution in [0.3, 0.4) is 0 Å². The van der Waals surface area contributed by atoms with Crippen molar-refractivity contribution in [3.05, 3.63) is 33.2 Å². The predicted molar refractivity (Wildman–Crippen MR) is 84.5 cm³/mol. The third kappa shape index (κ3) is 3.61. The van der Waals surface area contributed by atoms with Gasteiger partial charge in [-0.25, -0.2) is 0 Å². The molecule has 2 aromatic rings. The highest BCUT2D eigenvalue weighted by molar-refractivity contribution is 9.10. The second kappa shape index (κ2) is 6.59. The molecule has 0 radical (unpaired) electrons. The van der Waals surface area contributed by atoms with E-state index in [2.05, 4.69) is 70.4 Å². The molecule has 1 aromatic carbocycles. The first-order chi connectivity index (χ1) is 9.11. The minimum Gasteiger partial charge on any atom is -0.308 e. The van der Waals surface area contributed by atoms with E-state index in [1.807, 2.05) is 0 Å². The van der Waals surface area contributed by atoms with Crippen LogP contribution in [0.5, 0.6) is 0 Å². The van der Waals surface area contributed by atoms with Crippen LogP contribution in [0.25, 0.3) is 10.6 Å². The standard InChI is InChI=1S/C14H18BrN3S/c1-4-7-16-10(3)13-17-18-14(19-13)11-8-9(2)5-6-12(11)15/h5-6,8,10,16H,4,7H2,1-3H3. The maximum Gasteiger partial charge on any atom is 0.149 e. The van der Waals surface area contributed by atoms with Crippen LogP contribution >= 0.6 is 27.3 Å². The van der Waals surface area contributed by atoms with E-state index in [0.717, 1.165) is 33.0 Å². The van der Waals surface area contributed by atoms with Crippen molar-refractivity contribution in [2.75, 3.05) is 6.54 Å². The van der Waals surface area contributed by atoms with Crippen LogP contribution in [-0.2, 0) is 0 Å². The van der Waals surface area contributed by atoms with Crippen LogP contribution in [0, 0.1) is 6.92 Å². The lowest BCUT2D eigenvalue weighted by atomic mass is 10.1. The molecule has 3 nitrogen and oxygen atoms in total. The molecule has 0 amide bonds. The lowest BCUT2D eigenvalue weighted by Gasteiger charge is -2.08. The number of nitrogens with zero attached hydrogens (tertiary/aromatic N) is 2. The van der Waals surface area contributed by atoms with E-state index < -0.39 is 0 Å². The van der Waals surface area contributed by atoms with E-state index in [-0.39, 0.29) is 6.04 Å². The van der Waals surface area contributed by atoms with Crippen molar-refractivity contribution in [3.63, 3.8) is 0 Å². The quantitative estimate of drug-likeness (QED) is 0.880. The summed E-state index contributed by atoms with van der Waals surface area (Å²) in [6.07, 6.45) is 1.12. The van der Waals surface area contributed by atoms with Crippen molar-refractivity contribution >= 4 is 27.3 Å². The van der Waals surface area contributed by atoms with Gasteiger partial charge in [-0.2, -0.15) is 0 Å². The fraction of sp³-hybridized carbons (Fsp3) is 0.429. The molecule has 0 bridgehead atoms. The molecule has 2 rings (SSSR count). The van der Waals surface area contributed by atoms with Gasteiger partial charge in [-0.15, -0.1) is 10.2 Å². The van der Waals surface area contributed by atoms with Gasteiger partial charge in [0.1, 0.15) is 10.0 Å². The zero-order chi connectivity index (χ0) is 13.8. The van der Waals surface area contributed by atoms with Crippen LogP contribution in [-0.4, -0.2) is 16.7 Å². The van der Waals surface area contributed by atoms with Crippen molar-refractivity contribution in [1.82, 2.24) is 15.5 Å². The summed E-state index contributed by atoms with van der Waals surface area (Å²) in [5, 5.41) is 14.1. The molecular weight excluding hydrogens is 322 g/mol. The van der Waals surface area contributed by atoms with E-state index >= 15 is 0 Å². The van der Waals surface area contributed by atoms with Gasteiger partial charge in [0.15, 0.2) is 0 Å². The normalized spacial score (nSPS) is 12.6. The molecule has 0 saturated carbocycles. The molecule has 0 fully saturated rings. The van der Waals surface area contributed by atoms with Crippen LogP contribution in [0.1, 0.15) is 36.9 Å². The van der Waals surface area contributed by atoms with E-state index in [1.54, 1.807) is 11.3 Å². The van der Waals surface area contributed by atoms with E-state index in [9.17, 15) is 0 Å². The molecule has 1 heterocycles. The van der Waals surface area contributed by atoms with Gasteiger partial charge in [0.2, 0.25) is 0 Å². The highest BCUT2D eigenvalue weighted by atomic mass is 79.9. The number of hydrogen-bond donors (Lipinski definition) is 1. The molecule has 0 aliphatic heterocycles. The highest BCUT2D eigenvalue weighted by Crippen LogP contribution is 2.32. The minimum absolute atomic E-state index is 0.259. The summed E-state index contributed by atoms with van der Waals surface area (Å²) in [4.78, 5) is 0. The number of halogens is 1. The average molecular weight is 340 g/mol. The van der Waals surface area contributed by atoms with E-state index in [0.29, 0.717) is 0 Å². The first-order valence-electron chi connectivity index (χ1n) is 6.45. The van der Waals surface area contributed by atoms with Crippen LogP contribution in [0.2, 0.25) is 0 Å². The van der Waals surface area contributed by atoms with Crippen molar-refractivity contribution in [2.45, 2.75) is 33.2 Å². The molecule has 102 valence electrons. The Kier molecular flexibility index (Phi) is 5.07. The molecular formula is C14H18BrN3S. The van der Waals surface area contributed by atoms with Gasteiger partial charge in [0.25, 0.3) is 0 Å². The lowest BCUT2D eigenvalue weighted by molar-refractivity contribution is 0.564. The van der Waals surface area contributed by atoms with Crippen molar-refractivity contribution in [2.24, 2.45) is 0 Å². The first kappa shape index (κ1) is 14.6. The topological polar surface area (TPSA) is 37.8 Å². The van der Waals surface area contributed by atoms with Gasteiger partial charge in [-0.1, -0.05) is 45.8 Å². The molecule has 1 atom stereocenters. The average Bonchev–Trinajstić information content (AvgIpc) is 2.88. The molecule has 1 aromatic heterocycles. The third-order valence-electron chi connectivity index (χ3n) is 2.86. The summed E-state index contributed by atoms with van der Waals surface area (Å²) in [5.74, 6) is 0. The summed E-state index contributed by atoms with van der Waals surface area (Å²) in [6, 6.07) is 6.54. The van der Waals surface area contributed by atoms with Crippen molar-refractivity contribution < 1.29 is 0 Å². The first-order valence-corrected chi connectivity index (χ1v) is 8.06. The molecule has 0 aliphatic carbocycles. The molecule has 0 aliphatic rings. The SMILES string of the molecule is CCCNC(C)c1nnc(-c2cc(C)ccc2Br)s1. The summed E-state index contributed by atoms with van der Waals surface area (Å²) in [5.41, 5.74) is 2.35. The van der Waals surface area contributed by atoms with Gasteiger partial charge >= 0.3 is 0 Å². The zero-order valence-corrected chi connectivity index (χ0v) is 13.8. The van der Waals surface area contributed by atoms with Crippen LogP contribution < -0.4 is 5.32 Å². The fourth-order valence-electron chi connectivity index (χ4n) is 1.77. The maximum absolute atomic E-state index is 4.32. The number of aryl methyl sites for hydroxylation is 1. The maximum atomic E-state index is 4.32. The van der Waals surface area contributed by atoms with Crippen LogP contribution in [0.4, 0.5) is 0 Å². The van der Waals surface area contributed by atoms with Crippen molar-refractivity contribution in [3.8, 4) is 10.6 Å². The molecule has 5 heteroatoms. The number of benzene rings is 1. The number of aromatic nitrogens is 2. The van der Waals surface area contributed by atoms with Gasteiger partial charge in [0.05, 0.1) is 6.04 Å². The van der Waals surface area contributed by atoms with Gasteiger partial charge in [-0.3, -0.25) is 0 Å². The second-order valence-electron chi connectivity index (χ2n) is 4.60. The number of hydrogen-bond acceptors (Lipinski definition) is 4. The third-order valence-corrected chi connectivity index (χ3v) is 4.69. The van der Waals surface area contributed by atoms with Gasteiger partial charge < -0.3 is 5.32 Å². The summed E-state index contributed by atoms with van der Waals surface area (Å²) < 4.78 is 1.06. The lowest BCUT2D eigenvalue weighted by Crippen LogP contribution is -2.18. The number of rotatable bonds is 5. The van der Waals surface area contributed by atoms with Crippen molar-refractivity contribution in [1.29, 1.82) is 0 Å². The Balaban J connectivity index is 2.23. The largest absolute Gasteiger partial charge is 0.308 e. The molecule has 0 spiro atoms. The second-order valence-corrected chi connectivity index (χ2v) is 6.47. The minimum atomic E-state index is 0.259. The Morgan fingerprint density at radius 2 is 2.16 bits per heavy atom. The molecule has 1 unspecified atom stereocenters. The molecule has 0 saturated heterocycles. The van der Waals surface area contributed by atoms with Crippen LogP contribution in [0.15, 0.2) is 22.7 Å². The Morgan fingerprint density at radius 1 is 1.37 bits per heavy atom. The number of nitrogens with one attached hydrogen (secondary N) is 1. The fourth-order valence-corrected chi connectivity index (χ4v) is 3.24. The summed E-state index contributed by atoms with van der Waals surface area (Å²) in [6.45, 7) is 7.38. The van der Waals surface area contributed by atoms with E-state index in [4.69, 9.17) is 0 Å². The smallest absolute Gasteiger partial charge is 0.149 e. The monoisotopic (exact) mass is 339 g/mol. The van der Waals surface area contributed by atoms with Gasteiger partial charge in [-0.05, 0) is 38.9 Å². The Bertz CT molecular complexity index is 553. The Morgan fingerprint density at radius 3 is 2.89 bits per heavy atom. The molecule has 19 heavy (non-hydrogen) atoms. The van der Waals surface area contributed by atoms with Gasteiger partial charge in [0, 0.05) is 10.0 Å². The van der Waals surface area contributed by atoms with E-state index in [1.165, 1.54) is 5.56 Å².